The number of rotatable bonds is 10. The number of nitrogens with one attached hydrogen (secondary N) is 1. The minimum Gasteiger partial charge on any atom is -0.459 e. The minimum atomic E-state index is -0.650. The first-order valence-electron chi connectivity index (χ1n) is 17.4. The van der Waals surface area contributed by atoms with Gasteiger partial charge in [-0.15, -0.1) is 0 Å². The molecule has 1 amide bonds. The van der Waals surface area contributed by atoms with Crippen LogP contribution in [0.2, 0.25) is 0 Å². The van der Waals surface area contributed by atoms with Gasteiger partial charge in [-0.3, -0.25) is 19.5 Å². The first kappa shape index (κ1) is 35.4. The van der Waals surface area contributed by atoms with E-state index in [2.05, 4.69) is 46.4 Å². The fourth-order valence-corrected chi connectivity index (χ4v) is 6.75. The maximum Gasteiger partial charge on any atom is 0.323 e. The van der Waals surface area contributed by atoms with Gasteiger partial charge in [0.05, 0.1) is 24.4 Å². The summed E-state index contributed by atoms with van der Waals surface area (Å²) in [4.78, 5) is 32.0. The lowest BCUT2D eigenvalue weighted by atomic mass is 9.89. The van der Waals surface area contributed by atoms with Gasteiger partial charge in [-0.2, -0.15) is 0 Å². The summed E-state index contributed by atoms with van der Waals surface area (Å²) in [6.45, 7) is 9.56. The lowest BCUT2D eigenvalue weighted by Crippen LogP contribution is -2.48. The second-order valence-corrected chi connectivity index (χ2v) is 14.3. The van der Waals surface area contributed by atoms with Gasteiger partial charge in [0.15, 0.2) is 6.29 Å². The normalized spacial score (nSPS) is 22.6. The molecule has 2 aliphatic heterocycles. The van der Waals surface area contributed by atoms with Crippen LogP contribution >= 0.6 is 0 Å². The molecule has 262 valence electrons. The molecule has 6 rings (SSSR count). The zero-order valence-electron chi connectivity index (χ0n) is 29.2. The quantitative estimate of drug-likeness (QED) is 0.177. The summed E-state index contributed by atoms with van der Waals surface area (Å²) in [5.41, 5.74) is 5.68. The summed E-state index contributed by atoms with van der Waals surface area (Å²) in [6.07, 6.45) is 3.73. The number of esters is 1. The van der Waals surface area contributed by atoms with Crippen LogP contribution in [-0.2, 0) is 32.2 Å². The Bertz CT molecular complexity index is 1760. The van der Waals surface area contributed by atoms with E-state index in [1.54, 1.807) is 24.5 Å². The lowest BCUT2D eigenvalue weighted by Gasteiger charge is -2.43. The van der Waals surface area contributed by atoms with E-state index in [-0.39, 0.29) is 42.7 Å². The highest BCUT2D eigenvalue weighted by atomic mass is 16.7. The van der Waals surface area contributed by atoms with Crippen LogP contribution in [0.4, 0.5) is 0 Å². The van der Waals surface area contributed by atoms with Crippen molar-refractivity contribution < 1.29 is 28.9 Å². The van der Waals surface area contributed by atoms with Gasteiger partial charge in [-0.1, -0.05) is 67.6 Å². The van der Waals surface area contributed by atoms with E-state index in [0.29, 0.717) is 18.7 Å². The fraction of sp³-hybridized carbons (Fsp3) is 0.390. The molecule has 5 atom stereocenters. The number of aromatic nitrogens is 1. The van der Waals surface area contributed by atoms with Crippen molar-refractivity contribution in [3.63, 3.8) is 0 Å². The molecule has 2 saturated heterocycles. The number of aliphatic hydroxyl groups is 1. The monoisotopic (exact) mass is 677 g/mol. The van der Waals surface area contributed by atoms with Crippen molar-refractivity contribution in [2.75, 3.05) is 13.1 Å². The van der Waals surface area contributed by atoms with Crippen LogP contribution in [0.15, 0.2) is 97.3 Å². The maximum absolute atomic E-state index is 13.2. The number of carbonyl (C=O) groups excluding carboxylic acids is 2. The molecule has 0 radical (unpaired) electrons. The molecule has 0 spiro atoms. The number of hydrogen-bond donors (Lipinski definition) is 2. The van der Waals surface area contributed by atoms with Gasteiger partial charge in [-0.05, 0) is 92.2 Å². The summed E-state index contributed by atoms with van der Waals surface area (Å²) >= 11 is 0. The molecule has 0 bridgehead atoms. The summed E-state index contributed by atoms with van der Waals surface area (Å²) in [7, 11) is 0. The third-order valence-electron chi connectivity index (χ3n) is 9.38. The average molecular weight is 678 g/mol. The van der Waals surface area contributed by atoms with Crippen molar-refractivity contribution in [1.82, 2.24) is 15.2 Å². The third kappa shape index (κ3) is 8.65. The van der Waals surface area contributed by atoms with Crippen LogP contribution in [0.1, 0.15) is 85.5 Å². The Hall–Kier alpha value is -4.41. The molecule has 50 heavy (non-hydrogen) atoms. The predicted octanol–water partition coefficient (Wildman–Crippen LogP) is 6.77. The van der Waals surface area contributed by atoms with Crippen LogP contribution in [0, 0.1) is 5.92 Å². The van der Waals surface area contributed by atoms with Gasteiger partial charge < -0.3 is 24.6 Å². The Morgan fingerprint density at radius 1 is 0.940 bits per heavy atom. The molecule has 2 N–H and O–H groups in total. The number of pyridine rings is 1. The number of nitrogens with zero attached hydrogens (tertiary/aromatic N) is 2. The molecule has 2 aliphatic rings. The third-order valence-corrected chi connectivity index (χ3v) is 9.38. The second kappa shape index (κ2) is 15.6. The Morgan fingerprint density at radius 2 is 1.70 bits per heavy atom. The van der Waals surface area contributed by atoms with Crippen molar-refractivity contribution in [3.8, 4) is 11.1 Å². The number of ether oxygens (including phenoxy) is 3. The highest BCUT2D eigenvalue weighted by Crippen LogP contribution is 2.43. The summed E-state index contributed by atoms with van der Waals surface area (Å²) < 4.78 is 19.3. The van der Waals surface area contributed by atoms with Crippen molar-refractivity contribution in [3.05, 3.63) is 125 Å². The predicted molar refractivity (Wildman–Crippen MR) is 191 cm³/mol. The van der Waals surface area contributed by atoms with Crippen LogP contribution < -0.4 is 5.32 Å². The van der Waals surface area contributed by atoms with Gasteiger partial charge in [-0.25, -0.2) is 0 Å². The van der Waals surface area contributed by atoms with E-state index in [1.807, 2.05) is 69.3 Å². The van der Waals surface area contributed by atoms with Gasteiger partial charge in [0.1, 0.15) is 11.6 Å². The lowest BCUT2D eigenvalue weighted by molar-refractivity contribution is -0.276. The summed E-state index contributed by atoms with van der Waals surface area (Å²) in [5, 5.41) is 12.6. The van der Waals surface area contributed by atoms with Gasteiger partial charge in [0.25, 0.3) is 5.91 Å². The molecule has 3 aromatic carbocycles. The molecular weight excluding hydrogens is 630 g/mol. The second-order valence-electron chi connectivity index (χ2n) is 14.3. The average Bonchev–Trinajstić information content (AvgIpc) is 3.60. The molecule has 1 aromatic heterocycles. The van der Waals surface area contributed by atoms with Crippen molar-refractivity contribution in [2.24, 2.45) is 5.92 Å². The summed E-state index contributed by atoms with van der Waals surface area (Å²) in [5.74, 6) is -0.380. The highest BCUT2D eigenvalue weighted by molar-refractivity contribution is 5.93. The van der Waals surface area contributed by atoms with E-state index in [4.69, 9.17) is 14.2 Å². The Balaban J connectivity index is 1.23. The minimum absolute atomic E-state index is 0.0205. The maximum atomic E-state index is 13.2. The van der Waals surface area contributed by atoms with Crippen molar-refractivity contribution >= 4 is 11.9 Å². The van der Waals surface area contributed by atoms with Gasteiger partial charge in [0, 0.05) is 37.0 Å². The first-order valence-corrected chi connectivity index (χ1v) is 17.4. The van der Waals surface area contributed by atoms with Crippen molar-refractivity contribution in [2.45, 2.75) is 83.8 Å². The molecule has 4 aromatic rings. The molecule has 0 aliphatic carbocycles. The fourth-order valence-electron chi connectivity index (χ4n) is 6.75. The van der Waals surface area contributed by atoms with E-state index >= 15 is 0 Å². The van der Waals surface area contributed by atoms with E-state index in [9.17, 15) is 14.7 Å². The van der Waals surface area contributed by atoms with Crippen LogP contribution in [-0.4, -0.2) is 57.7 Å². The molecule has 0 saturated carbocycles. The Kier molecular flexibility index (Phi) is 11.1. The number of carbonyl (C=O) groups is 2. The van der Waals surface area contributed by atoms with Gasteiger partial charge >= 0.3 is 5.97 Å². The van der Waals surface area contributed by atoms with Crippen LogP contribution in [0.5, 0.6) is 0 Å². The highest BCUT2D eigenvalue weighted by Gasteiger charge is 2.42. The zero-order valence-corrected chi connectivity index (χ0v) is 29.2. The smallest absolute Gasteiger partial charge is 0.323 e. The Morgan fingerprint density at radius 3 is 2.42 bits per heavy atom. The molecule has 2 fully saturated rings. The largest absolute Gasteiger partial charge is 0.459 e. The van der Waals surface area contributed by atoms with E-state index in [1.165, 1.54) is 0 Å². The molecule has 9 heteroatoms. The Labute approximate surface area is 294 Å². The number of hydrogen-bond acceptors (Lipinski definition) is 8. The first-order chi connectivity index (χ1) is 24.1. The number of aliphatic hydroxyl groups excluding tert-OH is 1. The number of likely N-dealkylation sites (tertiary alicyclic amines) is 1. The van der Waals surface area contributed by atoms with Crippen molar-refractivity contribution in [1.29, 1.82) is 0 Å². The molecule has 9 nitrogen and oxygen atoms in total. The standard InChI is InChI=1S/C41H47N3O6/c1-27-36(25-44-20-8-14-35(44)39(47)50-41(2,3)4)48-40(49-37(27)30-17-15-28(26-45)16-18-30)33-12-6-11-32(22-33)31-10-5-9-29(21-31)23-43-38(46)34-13-7-19-42-24-34/h5-7,9-13,15-19,21-22,24,27,35-37,40,45H,8,14,20,23,25-26H2,1-4H3,(H,43,46). The zero-order chi connectivity index (χ0) is 35.3. The number of amides is 1. The van der Waals surface area contributed by atoms with Gasteiger partial charge in [0.2, 0.25) is 0 Å². The SMILES string of the molecule is CC1C(CN2CCCC2C(=O)OC(C)(C)C)OC(c2cccc(-c3cccc(CNC(=O)c4cccnc4)c3)c2)OC1c1ccc(CO)cc1. The topological polar surface area (TPSA) is 110 Å². The molecule has 5 unspecified atom stereocenters. The van der Waals surface area contributed by atoms with Crippen LogP contribution in [0.3, 0.4) is 0 Å². The molecular formula is C41H47N3O6. The number of benzene rings is 3. The van der Waals surface area contributed by atoms with Crippen LogP contribution in [0.25, 0.3) is 11.1 Å². The van der Waals surface area contributed by atoms with E-state index in [0.717, 1.165) is 52.8 Å². The summed E-state index contributed by atoms with van der Waals surface area (Å²) in [6, 6.07) is 27.3. The molecule has 3 heterocycles. The van der Waals surface area contributed by atoms with E-state index < -0.39 is 11.9 Å².